The van der Waals surface area contributed by atoms with Gasteiger partial charge >= 0.3 is 0 Å². The Hall–Kier alpha value is -2.99. The highest BCUT2D eigenvalue weighted by atomic mass is 32.2. The van der Waals surface area contributed by atoms with Crippen molar-refractivity contribution in [3.8, 4) is 11.5 Å². The summed E-state index contributed by atoms with van der Waals surface area (Å²) in [5, 5.41) is 12.7. The first-order chi connectivity index (χ1) is 14.7. The number of aryl methyl sites for hydroxylation is 3. The standard InChI is InChI=1S/C25H27NO4S/c1-15-5-8-20(9-6-15)31(28,29)24-14-22(18-11-16(2)25(27)17(3)12-18)21-10-7-19(30-4)13-23(21)26-24/h5-13,22,24,26-27H,14H2,1-4H3. The smallest absolute Gasteiger partial charge is 0.199 e. The average Bonchev–Trinajstić information content (AvgIpc) is 2.76. The van der Waals surface area contributed by atoms with Gasteiger partial charge in [-0.05, 0) is 67.6 Å². The molecule has 5 nitrogen and oxygen atoms in total. The van der Waals surface area contributed by atoms with Crippen LogP contribution in [-0.2, 0) is 9.84 Å². The summed E-state index contributed by atoms with van der Waals surface area (Å²) < 4.78 is 32.4. The van der Waals surface area contributed by atoms with E-state index in [9.17, 15) is 13.5 Å². The van der Waals surface area contributed by atoms with Gasteiger partial charge in [-0.1, -0.05) is 35.9 Å². The van der Waals surface area contributed by atoms with Crippen LogP contribution >= 0.6 is 0 Å². The maximum absolute atomic E-state index is 13.5. The summed E-state index contributed by atoms with van der Waals surface area (Å²) in [4.78, 5) is 0.304. The van der Waals surface area contributed by atoms with Crippen LogP contribution in [0.25, 0.3) is 0 Å². The van der Waals surface area contributed by atoms with E-state index in [-0.39, 0.29) is 11.7 Å². The van der Waals surface area contributed by atoms with Crippen molar-refractivity contribution >= 4 is 15.5 Å². The van der Waals surface area contributed by atoms with Crippen molar-refractivity contribution in [1.82, 2.24) is 0 Å². The molecular formula is C25H27NO4S. The molecule has 0 fully saturated rings. The third-order valence-electron chi connectivity index (χ3n) is 6.04. The number of ether oxygens (including phenoxy) is 1. The molecule has 2 N–H and O–H groups in total. The molecule has 1 aliphatic rings. The summed E-state index contributed by atoms with van der Waals surface area (Å²) in [5.74, 6) is 0.804. The fraction of sp³-hybridized carbons (Fsp3) is 0.280. The number of phenols is 1. The van der Waals surface area contributed by atoms with Gasteiger partial charge in [0.25, 0.3) is 0 Å². The number of benzene rings is 3. The van der Waals surface area contributed by atoms with Gasteiger partial charge in [0.1, 0.15) is 16.9 Å². The summed E-state index contributed by atoms with van der Waals surface area (Å²) in [6, 6.07) is 16.6. The third-order valence-corrected chi connectivity index (χ3v) is 8.03. The Morgan fingerprint density at radius 3 is 2.23 bits per heavy atom. The Balaban J connectivity index is 1.83. The minimum Gasteiger partial charge on any atom is -0.507 e. The fourth-order valence-corrected chi connectivity index (χ4v) is 5.84. The van der Waals surface area contributed by atoms with E-state index < -0.39 is 15.2 Å². The quantitative estimate of drug-likeness (QED) is 0.596. The molecule has 0 saturated carbocycles. The first-order valence-corrected chi connectivity index (χ1v) is 11.8. The lowest BCUT2D eigenvalue weighted by molar-refractivity contribution is 0.414. The molecule has 162 valence electrons. The molecule has 6 heteroatoms. The molecule has 1 heterocycles. The lowest BCUT2D eigenvalue weighted by atomic mass is 9.83. The Kier molecular flexibility index (Phi) is 5.43. The molecule has 0 saturated heterocycles. The fourth-order valence-electron chi connectivity index (χ4n) is 4.27. The van der Waals surface area contributed by atoms with Crippen molar-refractivity contribution in [1.29, 1.82) is 0 Å². The number of fused-ring (bicyclic) bond motifs is 1. The lowest BCUT2D eigenvalue weighted by Crippen LogP contribution is -2.35. The number of hydrogen-bond acceptors (Lipinski definition) is 5. The highest BCUT2D eigenvalue weighted by Gasteiger charge is 2.36. The third kappa shape index (κ3) is 3.88. The molecular weight excluding hydrogens is 410 g/mol. The van der Waals surface area contributed by atoms with E-state index in [1.165, 1.54) is 0 Å². The summed E-state index contributed by atoms with van der Waals surface area (Å²) in [5.41, 5.74) is 5.33. The van der Waals surface area contributed by atoms with Crippen molar-refractivity contribution in [3.63, 3.8) is 0 Å². The molecule has 31 heavy (non-hydrogen) atoms. The second kappa shape index (κ2) is 7.93. The molecule has 0 aliphatic carbocycles. The van der Waals surface area contributed by atoms with Gasteiger partial charge in [0, 0.05) is 17.7 Å². The number of nitrogens with one attached hydrogen (secondary N) is 1. The number of anilines is 1. The minimum absolute atomic E-state index is 0.134. The number of phenolic OH excluding ortho intramolecular Hbond substituents is 1. The topological polar surface area (TPSA) is 75.6 Å². The number of hydrogen-bond donors (Lipinski definition) is 2. The van der Waals surface area contributed by atoms with Crippen molar-refractivity contribution in [2.75, 3.05) is 12.4 Å². The van der Waals surface area contributed by atoms with Gasteiger partial charge in [-0.3, -0.25) is 0 Å². The second-order valence-corrected chi connectivity index (χ2v) is 10.4. The zero-order valence-electron chi connectivity index (χ0n) is 18.1. The van der Waals surface area contributed by atoms with Gasteiger partial charge in [-0.15, -0.1) is 0 Å². The number of methoxy groups -OCH3 is 1. The predicted molar refractivity (Wildman–Crippen MR) is 123 cm³/mol. The Morgan fingerprint density at radius 2 is 1.61 bits per heavy atom. The van der Waals surface area contributed by atoms with Gasteiger partial charge < -0.3 is 15.2 Å². The van der Waals surface area contributed by atoms with Crippen LogP contribution in [0.2, 0.25) is 0 Å². The predicted octanol–water partition coefficient (Wildman–Crippen LogP) is 5.07. The van der Waals surface area contributed by atoms with E-state index >= 15 is 0 Å². The SMILES string of the molecule is COc1ccc2c(c1)NC(S(=O)(=O)c1ccc(C)cc1)CC2c1cc(C)c(O)c(C)c1. The first-order valence-electron chi connectivity index (χ1n) is 10.3. The molecule has 0 aromatic heterocycles. The first kappa shape index (κ1) is 21.2. The van der Waals surface area contributed by atoms with Crippen LogP contribution in [-0.4, -0.2) is 26.0 Å². The van der Waals surface area contributed by atoms with Gasteiger partial charge in [-0.2, -0.15) is 0 Å². The van der Waals surface area contributed by atoms with Gasteiger partial charge in [-0.25, -0.2) is 8.42 Å². The summed E-state index contributed by atoms with van der Waals surface area (Å²) >= 11 is 0. The molecule has 2 unspecified atom stereocenters. The van der Waals surface area contributed by atoms with E-state index in [0.29, 0.717) is 17.1 Å². The number of aromatic hydroxyl groups is 1. The van der Waals surface area contributed by atoms with E-state index in [0.717, 1.165) is 33.5 Å². The van der Waals surface area contributed by atoms with Crippen LogP contribution in [0.1, 0.15) is 40.2 Å². The largest absolute Gasteiger partial charge is 0.507 e. The highest BCUT2D eigenvalue weighted by molar-refractivity contribution is 7.92. The maximum Gasteiger partial charge on any atom is 0.199 e. The van der Waals surface area contributed by atoms with E-state index in [4.69, 9.17) is 4.74 Å². The Bertz CT molecular complexity index is 1210. The van der Waals surface area contributed by atoms with Gasteiger partial charge in [0.05, 0.1) is 12.0 Å². The zero-order chi connectivity index (χ0) is 22.3. The molecule has 2 atom stereocenters. The Labute approximate surface area is 183 Å². The van der Waals surface area contributed by atoms with Crippen LogP contribution in [0.5, 0.6) is 11.5 Å². The van der Waals surface area contributed by atoms with Crippen LogP contribution in [0.15, 0.2) is 59.5 Å². The van der Waals surface area contributed by atoms with Crippen LogP contribution in [0.4, 0.5) is 5.69 Å². The van der Waals surface area contributed by atoms with E-state index in [2.05, 4.69) is 5.32 Å². The molecule has 3 aromatic rings. The van der Waals surface area contributed by atoms with E-state index in [1.807, 2.05) is 63.2 Å². The van der Waals surface area contributed by atoms with E-state index in [1.54, 1.807) is 19.2 Å². The second-order valence-electron chi connectivity index (χ2n) is 8.24. The summed E-state index contributed by atoms with van der Waals surface area (Å²) in [6.45, 7) is 5.66. The number of rotatable bonds is 4. The molecule has 0 radical (unpaired) electrons. The van der Waals surface area contributed by atoms with Gasteiger partial charge in [0.2, 0.25) is 0 Å². The molecule has 3 aromatic carbocycles. The maximum atomic E-state index is 13.5. The van der Waals surface area contributed by atoms with Crippen molar-refractivity contribution in [2.45, 2.75) is 43.4 Å². The average molecular weight is 438 g/mol. The van der Waals surface area contributed by atoms with Gasteiger partial charge in [0.15, 0.2) is 9.84 Å². The van der Waals surface area contributed by atoms with Crippen molar-refractivity contribution in [3.05, 3.63) is 82.4 Å². The highest BCUT2D eigenvalue weighted by Crippen LogP contribution is 2.43. The molecule has 0 amide bonds. The van der Waals surface area contributed by atoms with Crippen LogP contribution in [0.3, 0.4) is 0 Å². The summed E-state index contributed by atoms with van der Waals surface area (Å²) in [7, 11) is -2.02. The van der Waals surface area contributed by atoms with Crippen LogP contribution in [0, 0.1) is 20.8 Å². The van der Waals surface area contributed by atoms with Crippen LogP contribution < -0.4 is 10.1 Å². The monoisotopic (exact) mass is 437 g/mol. The minimum atomic E-state index is -3.61. The van der Waals surface area contributed by atoms with Crippen molar-refractivity contribution in [2.24, 2.45) is 0 Å². The molecule has 1 aliphatic heterocycles. The molecule has 0 bridgehead atoms. The number of sulfone groups is 1. The summed E-state index contributed by atoms with van der Waals surface area (Å²) in [6.07, 6.45) is 0.388. The zero-order valence-corrected chi connectivity index (χ0v) is 19.0. The lowest BCUT2D eigenvalue weighted by Gasteiger charge is -2.34. The molecule has 0 spiro atoms. The Morgan fingerprint density at radius 1 is 0.968 bits per heavy atom. The molecule has 4 rings (SSSR count). The normalized spacial score (nSPS) is 18.2. The van der Waals surface area contributed by atoms with Crippen molar-refractivity contribution < 1.29 is 18.3 Å².